The average Bonchev–Trinajstić information content (AvgIpc) is 2.93. The van der Waals surface area contributed by atoms with E-state index in [1.54, 1.807) is 11.8 Å². The van der Waals surface area contributed by atoms with Gasteiger partial charge in [-0.25, -0.2) is 0 Å². The number of amides is 2. The maximum absolute atomic E-state index is 12.7. The molecule has 2 amide bonds. The van der Waals surface area contributed by atoms with Gasteiger partial charge in [0.1, 0.15) is 11.6 Å². The summed E-state index contributed by atoms with van der Waals surface area (Å²) in [6.07, 6.45) is 2.33. The van der Waals surface area contributed by atoms with Gasteiger partial charge < -0.3 is 14.7 Å². The maximum atomic E-state index is 12.7. The number of carbonyl (C=O) groups excluding carboxylic acids is 2. The normalized spacial score (nSPS) is 26.3. The Hall–Kier alpha value is -1.92. The molecule has 1 N–H and O–H groups in total. The average molecular weight is 294 g/mol. The summed E-state index contributed by atoms with van der Waals surface area (Å²) in [5.41, 5.74) is -0.836. The van der Waals surface area contributed by atoms with Crippen molar-refractivity contribution in [1.29, 1.82) is 0 Å². The maximum Gasteiger partial charge on any atom is 0.248 e. The zero-order chi connectivity index (χ0) is 15.6. The fraction of sp³-hybridized carbons (Fsp3) is 0.714. The largest absolute Gasteiger partial charge is 0.340 e. The highest BCUT2D eigenvalue weighted by Crippen LogP contribution is 2.25. The summed E-state index contributed by atoms with van der Waals surface area (Å²) in [5.74, 6) is 0.356. The summed E-state index contributed by atoms with van der Waals surface area (Å²) in [5, 5.41) is 6.42. The van der Waals surface area contributed by atoms with Gasteiger partial charge >= 0.3 is 0 Å². The second-order valence-corrected chi connectivity index (χ2v) is 5.95. The van der Waals surface area contributed by atoms with E-state index in [9.17, 15) is 9.59 Å². The highest BCUT2D eigenvalue weighted by molar-refractivity contribution is 5.99. The Morgan fingerprint density at radius 1 is 1.48 bits per heavy atom. The Morgan fingerprint density at radius 2 is 2.19 bits per heavy atom. The fourth-order valence-electron chi connectivity index (χ4n) is 2.65. The molecule has 2 unspecified atom stereocenters. The van der Waals surface area contributed by atoms with Gasteiger partial charge in [-0.05, 0) is 19.3 Å². The van der Waals surface area contributed by atoms with Crippen molar-refractivity contribution in [2.75, 3.05) is 6.54 Å². The van der Waals surface area contributed by atoms with Gasteiger partial charge in [-0.1, -0.05) is 25.9 Å². The molecule has 1 aromatic rings. The van der Waals surface area contributed by atoms with Gasteiger partial charge in [0.15, 0.2) is 6.33 Å². The number of aromatic nitrogens is 2. The number of nitrogens with one attached hydrogen (secondary N) is 1. The minimum Gasteiger partial charge on any atom is -0.340 e. The van der Waals surface area contributed by atoms with Crippen molar-refractivity contribution < 1.29 is 14.1 Å². The van der Waals surface area contributed by atoms with Crippen LogP contribution in [0.15, 0.2) is 10.9 Å². The third-order valence-electron chi connectivity index (χ3n) is 4.05. The standard InChI is InChI=1S/C14H22N4O3/c1-5-14(4)13(20)18(7-6-10-15-8-16-21-10)11(9(2)3)12(19)17-14/h8-9,11H,5-7H2,1-4H3,(H,17,19). The van der Waals surface area contributed by atoms with Crippen molar-refractivity contribution in [3.8, 4) is 0 Å². The number of rotatable bonds is 5. The van der Waals surface area contributed by atoms with Crippen molar-refractivity contribution in [2.45, 2.75) is 52.1 Å². The van der Waals surface area contributed by atoms with Crippen LogP contribution in [0.3, 0.4) is 0 Å². The van der Waals surface area contributed by atoms with Crippen molar-refractivity contribution in [1.82, 2.24) is 20.4 Å². The predicted molar refractivity (Wildman–Crippen MR) is 75.2 cm³/mol. The molecule has 0 aromatic carbocycles. The molecule has 2 heterocycles. The third kappa shape index (κ3) is 2.91. The van der Waals surface area contributed by atoms with Crippen LogP contribution in [0.5, 0.6) is 0 Å². The number of hydrogen-bond acceptors (Lipinski definition) is 5. The van der Waals surface area contributed by atoms with Crippen LogP contribution in [0, 0.1) is 5.92 Å². The molecule has 0 saturated carbocycles. The van der Waals surface area contributed by atoms with E-state index in [4.69, 9.17) is 4.52 Å². The monoisotopic (exact) mass is 294 g/mol. The summed E-state index contributed by atoms with van der Waals surface area (Å²) in [6.45, 7) is 7.93. The summed E-state index contributed by atoms with van der Waals surface area (Å²) >= 11 is 0. The first-order valence-electron chi connectivity index (χ1n) is 7.27. The molecule has 2 atom stereocenters. The quantitative estimate of drug-likeness (QED) is 0.866. The van der Waals surface area contributed by atoms with Gasteiger partial charge in [-0.2, -0.15) is 4.98 Å². The van der Waals surface area contributed by atoms with E-state index in [0.29, 0.717) is 25.3 Å². The molecular formula is C14H22N4O3. The van der Waals surface area contributed by atoms with Crippen LogP contribution in [-0.2, 0) is 16.0 Å². The van der Waals surface area contributed by atoms with Crippen LogP contribution < -0.4 is 5.32 Å². The molecule has 0 bridgehead atoms. The Labute approximate surface area is 124 Å². The first-order chi connectivity index (χ1) is 9.89. The van der Waals surface area contributed by atoms with Crippen molar-refractivity contribution >= 4 is 11.8 Å². The second-order valence-electron chi connectivity index (χ2n) is 5.95. The summed E-state index contributed by atoms with van der Waals surface area (Å²) < 4.78 is 4.96. The SMILES string of the molecule is CCC1(C)NC(=O)C(C(C)C)N(CCc2ncno2)C1=O. The Morgan fingerprint density at radius 3 is 2.71 bits per heavy atom. The minimum absolute atomic E-state index is 0.0399. The molecule has 1 saturated heterocycles. The summed E-state index contributed by atoms with van der Waals surface area (Å²) in [4.78, 5) is 30.7. The van der Waals surface area contributed by atoms with Gasteiger partial charge in [-0.3, -0.25) is 9.59 Å². The predicted octanol–water partition coefficient (Wildman–Crippen LogP) is 0.764. The van der Waals surface area contributed by atoms with Crippen LogP contribution in [0.4, 0.5) is 0 Å². The van der Waals surface area contributed by atoms with E-state index < -0.39 is 11.6 Å². The van der Waals surface area contributed by atoms with Gasteiger partial charge in [0.2, 0.25) is 17.7 Å². The van der Waals surface area contributed by atoms with Gasteiger partial charge in [-0.15, -0.1) is 0 Å². The van der Waals surface area contributed by atoms with Gasteiger partial charge in [0.05, 0.1) is 0 Å². The molecule has 1 fully saturated rings. The lowest BCUT2D eigenvalue weighted by Crippen LogP contribution is -2.70. The number of nitrogens with zero attached hydrogens (tertiary/aromatic N) is 3. The highest BCUT2D eigenvalue weighted by Gasteiger charge is 2.47. The number of hydrogen-bond donors (Lipinski definition) is 1. The zero-order valence-electron chi connectivity index (χ0n) is 12.9. The molecule has 7 heteroatoms. The number of carbonyl (C=O) groups is 2. The molecule has 1 aliphatic rings. The van der Waals surface area contributed by atoms with Crippen LogP contribution in [-0.4, -0.2) is 45.0 Å². The molecule has 1 aliphatic heterocycles. The topological polar surface area (TPSA) is 88.3 Å². The van der Waals surface area contributed by atoms with E-state index in [1.165, 1.54) is 6.33 Å². The second kappa shape index (κ2) is 5.83. The van der Waals surface area contributed by atoms with E-state index in [0.717, 1.165) is 0 Å². The molecule has 0 radical (unpaired) electrons. The fourth-order valence-corrected chi connectivity index (χ4v) is 2.65. The summed E-state index contributed by atoms with van der Waals surface area (Å²) in [7, 11) is 0. The van der Waals surface area contributed by atoms with Crippen molar-refractivity contribution in [3.05, 3.63) is 12.2 Å². The lowest BCUT2D eigenvalue weighted by molar-refractivity contribution is -0.156. The minimum atomic E-state index is -0.836. The van der Waals surface area contributed by atoms with Crippen LogP contribution in [0.2, 0.25) is 0 Å². The Bertz CT molecular complexity index is 514. The first kappa shape index (κ1) is 15.5. The number of piperazine rings is 1. The van der Waals surface area contributed by atoms with E-state index in [-0.39, 0.29) is 17.7 Å². The van der Waals surface area contributed by atoms with Gasteiger partial charge in [0.25, 0.3) is 0 Å². The molecule has 2 rings (SSSR count). The van der Waals surface area contributed by atoms with E-state index in [2.05, 4.69) is 15.5 Å². The molecule has 0 spiro atoms. The Kier molecular flexibility index (Phi) is 4.29. The van der Waals surface area contributed by atoms with E-state index in [1.807, 2.05) is 20.8 Å². The first-order valence-corrected chi connectivity index (χ1v) is 7.27. The molecule has 116 valence electrons. The molecule has 7 nitrogen and oxygen atoms in total. The molecular weight excluding hydrogens is 272 g/mol. The molecule has 21 heavy (non-hydrogen) atoms. The molecule has 0 aliphatic carbocycles. The Balaban J connectivity index is 2.21. The molecule has 1 aromatic heterocycles. The highest BCUT2D eigenvalue weighted by atomic mass is 16.5. The van der Waals surface area contributed by atoms with E-state index >= 15 is 0 Å². The summed E-state index contributed by atoms with van der Waals surface area (Å²) in [6, 6.07) is -0.458. The lowest BCUT2D eigenvalue weighted by atomic mass is 9.88. The smallest absolute Gasteiger partial charge is 0.248 e. The van der Waals surface area contributed by atoms with Crippen molar-refractivity contribution in [3.63, 3.8) is 0 Å². The van der Waals surface area contributed by atoms with Crippen LogP contribution in [0.25, 0.3) is 0 Å². The zero-order valence-corrected chi connectivity index (χ0v) is 12.9. The van der Waals surface area contributed by atoms with Crippen LogP contribution in [0.1, 0.15) is 40.0 Å². The van der Waals surface area contributed by atoms with Gasteiger partial charge in [0, 0.05) is 13.0 Å². The van der Waals surface area contributed by atoms with Crippen molar-refractivity contribution in [2.24, 2.45) is 5.92 Å². The van der Waals surface area contributed by atoms with Crippen LogP contribution >= 0.6 is 0 Å². The lowest BCUT2D eigenvalue weighted by Gasteiger charge is -2.45. The third-order valence-corrected chi connectivity index (χ3v) is 4.05.